The summed E-state index contributed by atoms with van der Waals surface area (Å²) >= 11 is 5.99. The van der Waals surface area contributed by atoms with Gasteiger partial charge in [0.2, 0.25) is 0 Å². The predicted octanol–water partition coefficient (Wildman–Crippen LogP) is 4.75. The second kappa shape index (κ2) is 7.91. The largest absolute Gasteiger partial charge is 0.457 e. The first kappa shape index (κ1) is 18.3. The van der Waals surface area contributed by atoms with Crippen LogP contribution in [-0.4, -0.2) is 47.9 Å². The van der Waals surface area contributed by atoms with Crippen LogP contribution in [-0.2, 0) is 0 Å². The average Bonchev–Trinajstić information content (AvgIpc) is 3.35. The molecule has 142 valence electrons. The number of halogens is 1. The van der Waals surface area contributed by atoms with Crippen molar-refractivity contribution >= 4 is 17.5 Å². The number of amides is 1. The van der Waals surface area contributed by atoms with Gasteiger partial charge in [-0.05, 0) is 87.3 Å². The number of carbonyl (C=O) groups is 1. The highest BCUT2D eigenvalue weighted by atomic mass is 35.5. The van der Waals surface area contributed by atoms with Crippen molar-refractivity contribution < 1.29 is 9.53 Å². The molecule has 0 saturated carbocycles. The molecule has 2 aliphatic rings. The fraction of sp³-hybridized carbons (Fsp3) is 0.409. The van der Waals surface area contributed by atoms with Gasteiger partial charge >= 0.3 is 0 Å². The molecule has 2 aromatic carbocycles. The summed E-state index contributed by atoms with van der Waals surface area (Å²) in [5.74, 6) is 1.60. The third-order valence-corrected chi connectivity index (χ3v) is 5.81. The second-order valence-electron chi connectivity index (χ2n) is 7.47. The summed E-state index contributed by atoms with van der Waals surface area (Å²) in [5.41, 5.74) is 1.70. The lowest BCUT2D eigenvalue weighted by molar-refractivity contribution is 0.0780. The highest BCUT2D eigenvalue weighted by Gasteiger charge is 2.31. The Kier molecular flexibility index (Phi) is 5.37. The van der Waals surface area contributed by atoms with Crippen LogP contribution >= 0.6 is 11.6 Å². The minimum atomic E-state index is 0.117. The average molecular weight is 385 g/mol. The first-order chi connectivity index (χ1) is 13.1. The number of aryl methyl sites for hydroxylation is 1. The molecule has 1 unspecified atom stereocenters. The molecular weight excluding hydrogens is 360 g/mol. The van der Waals surface area contributed by atoms with E-state index in [0.717, 1.165) is 36.4 Å². The van der Waals surface area contributed by atoms with E-state index in [-0.39, 0.29) is 5.91 Å². The molecule has 5 heteroatoms. The van der Waals surface area contributed by atoms with Crippen LogP contribution < -0.4 is 4.74 Å². The Balaban J connectivity index is 1.39. The summed E-state index contributed by atoms with van der Waals surface area (Å²) in [5, 5.41) is 0.693. The van der Waals surface area contributed by atoms with Crippen molar-refractivity contribution in [2.75, 3.05) is 26.2 Å². The minimum absolute atomic E-state index is 0.117. The van der Waals surface area contributed by atoms with Gasteiger partial charge in [-0.2, -0.15) is 0 Å². The molecule has 0 N–H and O–H groups in total. The quantitative estimate of drug-likeness (QED) is 0.762. The fourth-order valence-electron chi connectivity index (χ4n) is 4.03. The second-order valence-corrected chi connectivity index (χ2v) is 7.91. The van der Waals surface area contributed by atoms with Crippen LogP contribution in [0, 0.1) is 6.92 Å². The molecule has 0 aliphatic carbocycles. The number of hydrogen-bond donors (Lipinski definition) is 0. The molecule has 2 aliphatic heterocycles. The van der Waals surface area contributed by atoms with Gasteiger partial charge < -0.3 is 9.64 Å². The monoisotopic (exact) mass is 384 g/mol. The maximum atomic E-state index is 12.8. The zero-order valence-electron chi connectivity index (χ0n) is 15.7. The molecule has 4 nitrogen and oxygen atoms in total. The molecule has 1 amide bonds. The number of benzene rings is 2. The summed E-state index contributed by atoms with van der Waals surface area (Å²) in [6.45, 7) is 6.03. The third-order valence-electron chi connectivity index (χ3n) is 5.57. The molecule has 2 aromatic rings. The molecule has 2 heterocycles. The lowest BCUT2D eigenvalue weighted by Gasteiger charge is -2.23. The van der Waals surface area contributed by atoms with Gasteiger partial charge in [-0.3, -0.25) is 9.69 Å². The van der Waals surface area contributed by atoms with E-state index in [1.807, 2.05) is 54.3 Å². The van der Waals surface area contributed by atoms with E-state index in [9.17, 15) is 4.79 Å². The first-order valence-electron chi connectivity index (χ1n) is 9.67. The Morgan fingerprint density at radius 2 is 1.81 bits per heavy atom. The normalized spacial score (nSPS) is 20.2. The van der Waals surface area contributed by atoms with E-state index in [1.165, 1.54) is 25.9 Å². The Labute approximate surface area is 165 Å². The molecule has 4 rings (SSSR count). The van der Waals surface area contributed by atoms with E-state index in [0.29, 0.717) is 16.8 Å². The highest BCUT2D eigenvalue weighted by molar-refractivity contribution is 6.30. The molecule has 27 heavy (non-hydrogen) atoms. The van der Waals surface area contributed by atoms with Gasteiger partial charge in [0, 0.05) is 29.7 Å². The standard InChI is InChI=1S/C22H25ClN2O2/c1-16-14-18(23)6-9-21(16)27-20-7-4-17(5-8-20)22(26)25-13-10-19(15-25)24-11-2-3-12-24/h4-9,14,19H,2-3,10-13,15H2,1H3. The number of rotatable bonds is 4. The molecular formula is C22H25ClN2O2. The number of ether oxygens (including phenoxy) is 1. The van der Waals surface area contributed by atoms with Gasteiger partial charge in [0.25, 0.3) is 5.91 Å². The molecule has 2 fully saturated rings. The zero-order valence-corrected chi connectivity index (χ0v) is 16.4. The number of nitrogens with zero attached hydrogens (tertiary/aromatic N) is 2. The smallest absolute Gasteiger partial charge is 0.253 e. The van der Waals surface area contributed by atoms with Crippen molar-refractivity contribution in [3.8, 4) is 11.5 Å². The van der Waals surface area contributed by atoms with Crippen molar-refractivity contribution in [1.29, 1.82) is 0 Å². The van der Waals surface area contributed by atoms with Gasteiger partial charge in [-0.25, -0.2) is 0 Å². The van der Waals surface area contributed by atoms with Gasteiger partial charge in [0.05, 0.1) is 0 Å². The maximum Gasteiger partial charge on any atom is 0.253 e. The molecule has 0 aromatic heterocycles. The zero-order chi connectivity index (χ0) is 18.8. The topological polar surface area (TPSA) is 32.8 Å². The van der Waals surface area contributed by atoms with Crippen LogP contribution in [0.2, 0.25) is 5.02 Å². The lowest BCUT2D eigenvalue weighted by Crippen LogP contribution is -2.37. The van der Waals surface area contributed by atoms with Crippen molar-refractivity contribution in [2.24, 2.45) is 0 Å². The van der Waals surface area contributed by atoms with E-state index in [1.54, 1.807) is 0 Å². The molecule has 0 bridgehead atoms. The summed E-state index contributed by atoms with van der Waals surface area (Å²) in [7, 11) is 0. The van der Waals surface area contributed by atoms with Crippen LogP contribution in [0.15, 0.2) is 42.5 Å². The van der Waals surface area contributed by atoms with Crippen molar-refractivity contribution in [3.05, 3.63) is 58.6 Å². The van der Waals surface area contributed by atoms with E-state index in [4.69, 9.17) is 16.3 Å². The van der Waals surface area contributed by atoms with Gasteiger partial charge in [-0.15, -0.1) is 0 Å². The summed E-state index contributed by atoms with van der Waals surface area (Å²) in [6.07, 6.45) is 3.67. The molecule has 0 spiro atoms. The Morgan fingerprint density at radius 1 is 1.07 bits per heavy atom. The van der Waals surface area contributed by atoms with Crippen molar-refractivity contribution in [2.45, 2.75) is 32.2 Å². The van der Waals surface area contributed by atoms with Gasteiger partial charge in [0.1, 0.15) is 11.5 Å². The lowest BCUT2D eigenvalue weighted by atomic mass is 10.2. The molecule has 2 saturated heterocycles. The predicted molar refractivity (Wildman–Crippen MR) is 108 cm³/mol. The van der Waals surface area contributed by atoms with Crippen molar-refractivity contribution in [1.82, 2.24) is 9.80 Å². The van der Waals surface area contributed by atoms with Crippen LogP contribution in [0.1, 0.15) is 35.2 Å². The SMILES string of the molecule is Cc1cc(Cl)ccc1Oc1ccc(C(=O)N2CCC(N3CCCC3)C2)cc1. The van der Waals surface area contributed by atoms with Crippen LogP contribution in [0.4, 0.5) is 0 Å². The number of likely N-dealkylation sites (tertiary alicyclic amines) is 2. The maximum absolute atomic E-state index is 12.8. The van der Waals surface area contributed by atoms with Crippen LogP contribution in [0.25, 0.3) is 0 Å². The Bertz CT molecular complexity index is 816. The van der Waals surface area contributed by atoms with Gasteiger partial charge in [-0.1, -0.05) is 11.6 Å². The summed E-state index contributed by atoms with van der Waals surface area (Å²) < 4.78 is 5.92. The van der Waals surface area contributed by atoms with Crippen LogP contribution in [0.3, 0.4) is 0 Å². The summed E-state index contributed by atoms with van der Waals surface area (Å²) in [6, 6.07) is 13.5. The van der Waals surface area contributed by atoms with Crippen LogP contribution in [0.5, 0.6) is 11.5 Å². The van der Waals surface area contributed by atoms with E-state index in [2.05, 4.69) is 4.90 Å². The molecule has 0 radical (unpaired) electrons. The third kappa shape index (κ3) is 4.12. The summed E-state index contributed by atoms with van der Waals surface area (Å²) in [4.78, 5) is 17.3. The van der Waals surface area contributed by atoms with Gasteiger partial charge in [0.15, 0.2) is 0 Å². The minimum Gasteiger partial charge on any atom is -0.457 e. The highest BCUT2D eigenvalue weighted by Crippen LogP contribution is 2.28. The molecule has 1 atom stereocenters. The number of carbonyl (C=O) groups excluding carboxylic acids is 1. The number of hydrogen-bond acceptors (Lipinski definition) is 3. The Morgan fingerprint density at radius 3 is 2.52 bits per heavy atom. The first-order valence-corrected chi connectivity index (χ1v) is 10.1. The van der Waals surface area contributed by atoms with Crippen molar-refractivity contribution in [3.63, 3.8) is 0 Å². The van der Waals surface area contributed by atoms with E-state index >= 15 is 0 Å². The fourth-order valence-corrected chi connectivity index (χ4v) is 4.26. The Hall–Kier alpha value is -2.04. The van der Waals surface area contributed by atoms with E-state index < -0.39 is 0 Å².